The van der Waals surface area contributed by atoms with E-state index in [1.54, 1.807) is 0 Å². The first kappa shape index (κ1) is 6.23. The lowest BCUT2D eigenvalue weighted by Crippen LogP contribution is -2.35. The minimum absolute atomic E-state index is 0.332. The standard InChI is InChI=1S/C8H14N2/c1-10-7-2-3-8(10)5-6(9)4-7/h4,6,8H,2-3,5,9H2,1H3. The molecule has 2 aliphatic rings. The second-order valence-electron chi connectivity index (χ2n) is 3.36. The van der Waals surface area contributed by atoms with Gasteiger partial charge in [-0.2, -0.15) is 0 Å². The summed E-state index contributed by atoms with van der Waals surface area (Å²) in [5.41, 5.74) is 7.28. The molecular weight excluding hydrogens is 124 g/mol. The van der Waals surface area contributed by atoms with E-state index in [4.69, 9.17) is 5.73 Å². The molecule has 2 heterocycles. The molecule has 10 heavy (non-hydrogen) atoms. The molecule has 2 N–H and O–H groups in total. The van der Waals surface area contributed by atoms with Crippen molar-refractivity contribution in [3.8, 4) is 0 Å². The third-order valence-corrected chi connectivity index (χ3v) is 2.69. The summed E-state index contributed by atoms with van der Waals surface area (Å²) in [5.74, 6) is 0. The zero-order valence-corrected chi connectivity index (χ0v) is 6.38. The molecule has 0 spiro atoms. The van der Waals surface area contributed by atoms with E-state index in [0.717, 1.165) is 12.5 Å². The molecule has 0 amide bonds. The van der Waals surface area contributed by atoms with Crippen LogP contribution < -0.4 is 5.73 Å². The zero-order chi connectivity index (χ0) is 7.14. The van der Waals surface area contributed by atoms with Crippen LogP contribution in [0.5, 0.6) is 0 Å². The molecule has 1 fully saturated rings. The van der Waals surface area contributed by atoms with Crippen molar-refractivity contribution in [1.82, 2.24) is 4.90 Å². The first-order valence-electron chi connectivity index (χ1n) is 3.96. The predicted octanol–water partition coefficient (Wildman–Crippen LogP) is 0.696. The summed E-state index contributed by atoms with van der Waals surface area (Å²) < 4.78 is 0. The Bertz CT molecular complexity index is 174. The monoisotopic (exact) mass is 138 g/mol. The van der Waals surface area contributed by atoms with Crippen LogP contribution in [-0.2, 0) is 0 Å². The highest BCUT2D eigenvalue weighted by atomic mass is 15.2. The van der Waals surface area contributed by atoms with Crippen LogP contribution in [0.4, 0.5) is 0 Å². The van der Waals surface area contributed by atoms with Crippen LogP contribution >= 0.6 is 0 Å². The molecule has 0 saturated carbocycles. The third kappa shape index (κ3) is 0.754. The number of nitrogens with two attached hydrogens (primary N) is 1. The molecule has 2 heteroatoms. The van der Waals surface area contributed by atoms with Crippen LogP contribution in [0, 0.1) is 0 Å². The lowest BCUT2D eigenvalue weighted by molar-refractivity contribution is 0.306. The molecule has 2 nitrogen and oxygen atoms in total. The van der Waals surface area contributed by atoms with Crippen LogP contribution in [-0.4, -0.2) is 24.0 Å². The minimum atomic E-state index is 0.332. The molecule has 0 aromatic carbocycles. The van der Waals surface area contributed by atoms with Crippen molar-refractivity contribution >= 4 is 0 Å². The summed E-state index contributed by atoms with van der Waals surface area (Å²) in [7, 11) is 2.18. The highest BCUT2D eigenvalue weighted by Crippen LogP contribution is 2.32. The SMILES string of the molecule is CN1C2=CC(N)CC1CC2. The second kappa shape index (κ2) is 1.99. The quantitative estimate of drug-likeness (QED) is 0.534. The molecule has 2 bridgehead atoms. The lowest BCUT2D eigenvalue weighted by atomic mass is 10.1. The predicted molar refractivity (Wildman–Crippen MR) is 41.5 cm³/mol. The summed E-state index contributed by atoms with van der Waals surface area (Å²) in [6.45, 7) is 0. The van der Waals surface area contributed by atoms with Gasteiger partial charge in [0, 0.05) is 24.8 Å². The van der Waals surface area contributed by atoms with Crippen molar-refractivity contribution in [3.63, 3.8) is 0 Å². The van der Waals surface area contributed by atoms with Crippen molar-refractivity contribution in [1.29, 1.82) is 0 Å². The zero-order valence-electron chi connectivity index (χ0n) is 6.38. The van der Waals surface area contributed by atoms with Gasteiger partial charge in [-0.05, 0) is 25.3 Å². The molecule has 0 aliphatic carbocycles. The van der Waals surface area contributed by atoms with E-state index >= 15 is 0 Å². The fourth-order valence-electron chi connectivity index (χ4n) is 2.03. The maximum Gasteiger partial charge on any atom is 0.0305 e. The summed E-state index contributed by atoms with van der Waals surface area (Å²) in [6, 6.07) is 1.08. The average Bonchev–Trinajstić information content (AvgIpc) is 2.20. The van der Waals surface area contributed by atoms with Gasteiger partial charge in [0.1, 0.15) is 0 Å². The largest absolute Gasteiger partial charge is 0.375 e. The smallest absolute Gasteiger partial charge is 0.0305 e. The molecule has 1 saturated heterocycles. The number of allylic oxidation sites excluding steroid dienone is 1. The van der Waals surface area contributed by atoms with E-state index in [-0.39, 0.29) is 0 Å². The number of rotatable bonds is 0. The van der Waals surface area contributed by atoms with Crippen molar-refractivity contribution in [2.24, 2.45) is 5.73 Å². The molecular formula is C8H14N2. The number of nitrogens with zero attached hydrogens (tertiary/aromatic N) is 1. The van der Waals surface area contributed by atoms with Gasteiger partial charge in [0.2, 0.25) is 0 Å². The van der Waals surface area contributed by atoms with Gasteiger partial charge in [-0.15, -0.1) is 0 Å². The van der Waals surface area contributed by atoms with E-state index in [9.17, 15) is 0 Å². The van der Waals surface area contributed by atoms with Gasteiger partial charge >= 0.3 is 0 Å². The summed E-state index contributed by atoms with van der Waals surface area (Å²) in [5, 5.41) is 0. The Morgan fingerprint density at radius 2 is 2.50 bits per heavy atom. The Morgan fingerprint density at radius 3 is 3.20 bits per heavy atom. The van der Waals surface area contributed by atoms with Crippen LogP contribution in [0.1, 0.15) is 19.3 Å². The normalized spacial score (nSPS) is 38.2. The van der Waals surface area contributed by atoms with Crippen molar-refractivity contribution in [3.05, 3.63) is 11.8 Å². The molecule has 2 atom stereocenters. The van der Waals surface area contributed by atoms with E-state index in [1.165, 1.54) is 18.5 Å². The van der Waals surface area contributed by atoms with Gasteiger partial charge in [-0.3, -0.25) is 0 Å². The van der Waals surface area contributed by atoms with E-state index in [2.05, 4.69) is 18.0 Å². The first-order valence-corrected chi connectivity index (χ1v) is 3.96. The summed E-state index contributed by atoms with van der Waals surface area (Å²) in [6.07, 6.45) is 5.92. The molecule has 56 valence electrons. The van der Waals surface area contributed by atoms with Gasteiger partial charge in [-0.1, -0.05) is 0 Å². The van der Waals surface area contributed by atoms with Gasteiger partial charge in [0.15, 0.2) is 0 Å². The Labute approximate surface area is 61.7 Å². The van der Waals surface area contributed by atoms with Crippen LogP contribution in [0.25, 0.3) is 0 Å². The van der Waals surface area contributed by atoms with E-state index in [1.807, 2.05) is 0 Å². The van der Waals surface area contributed by atoms with Crippen molar-refractivity contribution < 1.29 is 0 Å². The molecule has 2 rings (SSSR count). The second-order valence-corrected chi connectivity index (χ2v) is 3.36. The Morgan fingerprint density at radius 1 is 1.70 bits per heavy atom. The Kier molecular flexibility index (Phi) is 1.24. The number of hydrogen-bond donors (Lipinski definition) is 1. The topological polar surface area (TPSA) is 29.3 Å². The fourth-order valence-corrected chi connectivity index (χ4v) is 2.03. The highest BCUT2D eigenvalue weighted by Gasteiger charge is 2.30. The number of fused-ring (bicyclic) bond motifs is 2. The number of hydrogen-bond acceptors (Lipinski definition) is 2. The third-order valence-electron chi connectivity index (χ3n) is 2.69. The Hall–Kier alpha value is -0.500. The highest BCUT2D eigenvalue weighted by molar-refractivity contribution is 5.16. The van der Waals surface area contributed by atoms with Crippen LogP contribution in [0.2, 0.25) is 0 Å². The molecule has 0 aromatic heterocycles. The van der Waals surface area contributed by atoms with E-state index in [0.29, 0.717) is 6.04 Å². The molecule has 2 unspecified atom stereocenters. The lowest BCUT2D eigenvalue weighted by Gasteiger charge is -2.29. The summed E-state index contributed by atoms with van der Waals surface area (Å²) >= 11 is 0. The van der Waals surface area contributed by atoms with Gasteiger partial charge in [-0.25, -0.2) is 0 Å². The van der Waals surface area contributed by atoms with E-state index < -0.39 is 0 Å². The average molecular weight is 138 g/mol. The van der Waals surface area contributed by atoms with Gasteiger partial charge in [0.25, 0.3) is 0 Å². The Balaban J connectivity index is 2.27. The summed E-state index contributed by atoms with van der Waals surface area (Å²) in [4.78, 5) is 2.38. The van der Waals surface area contributed by atoms with Crippen LogP contribution in [0.3, 0.4) is 0 Å². The first-order chi connectivity index (χ1) is 4.77. The molecule has 0 aromatic rings. The van der Waals surface area contributed by atoms with Crippen molar-refractivity contribution in [2.45, 2.75) is 31.3 Å². The van der Waals surface area contributed by atoms with Gasteiger partial charge < -0.3 is 10.6 Å². The molecule has 0 radical (unpaired) electrons. The van der Waals surface area contributed by atoms with Crippen molar-refractivity contribution in [2.75, 3.05) is 7.05 Å². The minimum Gasteiger partial charge on any atom is -0.375 e. The maximum atomic E-state index is 5.81. The molecule has 2 aliphatic heterocycles. The van der Waals surface area contributed by atoms with Gasteiger partial charge in [0.05, 0.1) is 0 Å². The van der Waals surface area contributed by atoms with Crippen LogP contribution in [0.15, 0.2) is 11.8 Å². The fraction of sp³-hybridized carbons (Fsp3) is 0.750. The maximum absolute atomic E-state index is 5.81.